The average molecular weight is 283 g/mol. The van der Waals surface area contributed by atoms with Crippen molar-refractivity contribution in [2.24, 2.45) is 0 Å². The number of nitrogens with zero attached hydrogens (tertiary/aromatic N) is 1. The molecule has 2 unspecified atom stereocenters. The number of Topliss-reactive ketones (excluding diaryl/α,β-unsaturated/α-hetero) is 1. The zero-order chi connectivity index (χ0) is 14.6. The molecular formula is C15H9NO5. The number of carbonyl (C=O) groups is 1. The predicted molar refractivity (Wildman–Crippen MR) is 71.0 cm³/mol. The fourth-order valence-electron chi connectivity index (χ4n) is 2.60. The van der Waals surface area contributed by atoms with Crippen molar-refractivity contribution < 1.29 is 19.2 Å². The van der Waals surface area contributed by atoms with Gasteiger partial charge in [-0.2, -0.15) is 0 Å². The molecule has 2 aromatic rings. The Kier molecular flexibility index (Phi) is 2.23. The van der Waals surface area contributed by atoms with Crippen LogP contribution in [0, 0.1) is 10.1 Å². The third-order valence-electron chi connectivity index (χ3n) is 3.71. The van der Waals surface area contributed by atoms with E-state index in [-0.39, 0.29) is 11.5 Å². The molecule has 104 valence electrons. The SMILES string of the molecule is O=C1c2ccccc2OC2(c3ccc([N+](=O)[O-])cc3)OC12. The molecule has 2 atom stereocenters. The molecule has 0 bridgehead atoms. The first-order valence-corrected chi connectivity index (χ1v) is 6.37. The summed E-state index contributed by atoms with van der Waals surface area (Å²) in [6, 6.07) is 12.8. The van der Waals surface area contributed by atoms with Gasteiger partial charge in [0.15, 0.2) is 6.10 Å². The Balaban J connectivity index is 1.74. The number of benzene rings is 2. The first kappa shape index (κ1) is 12.0. The van der Waals surface area contributed by atoms with Crippen molar-refractivity contribution >= 4 is 11.5 Å². The van der Waals surface area contributed by atoms with E-state index in [1.54, 1.807) is 36.4 Å². The van der Waals surface area contributed by atoms with Crippen molar-refractivity contribution in [3.63, 3.8) is 0 Å². The lowest BCUT2D eigenvalue weighted by Gasteiger charge is -2.21. The van der Waals surface area contributed by atoms with Gasteiger partial charge >= 0.3 is 0 Å². The Morgan fingerprint density at radius 2 is 1.81 bits per heavy atom. The van der Waals surface area contributed by atoms with Crippen LogP contribution in [0.5, 0.6) is 5.75 Å². The summed E-state index contributed by atoms with van der Waals surface area (Å²) in [5.74, 6) is -0.801. The van der Waals surface area contributed by atoms with Crippen molar-refractivity contribution in [1.29, 1.82) is 0 Å². The Bertz CT molecular complexity index is 770. The van der Waals surface area contributed by atoms with E-state index in [0.717, 1.165) is 0 Å². The molecule has 21 heavy (non-hydrogen) atoms. The van der Waals surface area contributed by atoms with E-state index in [9.17, 15) is 14.9 Å². The Morgan fingerprint density at radius 1 is 1.10 bits per heavy atom. The van der Waals surface area contributed by atoms with Crippen molar-refractivity contribution in [3.05, 3.63) is 69.8 Å². The Morgan fingerprint density at radius 3 is 2.52 bits per heavy atom. The van der Waals surface area contributed by atoms with Crippen LogP contribution < -0.4 is 4.74 Å². The van der Waals surface area contributed by atoms with Crippen molar-refractivity contribution in [2.75, 3.05) is 0 Å². The van der Waals surface area contributed by atoms with Gasteiger partial charge < -0.3 is 9.47 Å². The summed E-state index contributed by atoms with van der Waals surface area (Å²) in [6.07, 6.45) is -0.686. The van der Waals surface area contributed by atoms with Crippen LogP contribution >= 0.6 is 0 Å². The van der Waals surface area contributed by atoms with Crippen LogP contribution in [0.3, 0.4) is 0 Å². The van der Waals surface area contributed by atoms with E-state index < -0.39 is 16.8 Å². The molecule has 1 saturated heterocycles. The van der Waals surface area contributed by atoms with Crippen molar-refractivity contribution in [2.45, 2.75) is 11.9 Å². The molecule has 0 aromatic heterocycles. The monoisotopic (exact) mass is 283 g/mol. The quantitative estimate of drug-likeness (QED) is 0.480. The summed E-state index contributed by atoms with van der Waals surface area (Å²) < 4.78 is 11.3. The summed E-state index contributed by atoms with van der Waals surface area (Å²) in [6.45, 7) is 0. The van der Waals surface area contributed by atoms with Gasteiger partial charge in [0.1, 0.15) is 5.75 Å². The zero-order valence-corrected chi connectivity index (χ0v) is 10.7. The number of nitro benzene ring substituents is 1. The molecule has 0 spiro atoms. The minimum Gasteiger partial charge on any atom is -0.454 e. The highest BCUT2D eigenvalue weighted by atomic mass is 16.8. The fourth-order valence-corrected chi connectivity index (χ4v) is 2.60. The number of epoxide rings is 1. The first-order valence-electron chi connectivity index (χ1n) is 6.37. The maximum absolute atomic E-state index is 12.3. The van der Waals surface area contributed by atoms with Gasteiger partial charge in [0.05, 0.1) is 10.5 Å². The van der Waals surface area contributed by atoms with Crippen LogP contribution in [0.1, 0.15) is 15.9 Å². The Hall–Kier alpha value is -2.73. The van der Waals surface area contributed by atoms with Crippen LogP contribution in [-0.2, 0) is 10.5 Å². The van der Waals surface area contributed by atoms with E-state index in [1.165, 1.54) is 12.1 Å². The lowest BCUT2D eigenvalue weighted by Crippen LogP contribution is -2.30. The topological polar surface area (TPSA) is 82.0 Å². The number of hydrogen-bond acceptors (Lipinski definition) is 5. The molecule has 4 rings (SSSR count). The minimum atomic E-state index is -1.14. The predicted octanol–water partition coefficient (Wildman–Crippen LogP) is 2.42. The summed E-state index contributed by atoms with van der Waals surface area (Å²) in [7, 11) is 0. The molecule has 2 heterocycles. The smallest absolute Gasteiger partial charge is 0.272 e. The highest BCUT2D eigenvalue weighted by Crippen LogP contribution is 2.53. The van der Waals surface area contributed by atoms with Crippen LogP contribution in [0.25, 0.3) is 0 Å². The van der Waals surface area contributed by atoms with Crippen LogP contribution in [0.2, 0.25) is 0 Å². The molecule has 2 aliphatic heterocycles. The highest BCUT2D eigenvalue weighted by Gasteiger charge is 2.67. The summed E-state index contributed by atoms with van der Waals surface area (Å²) in [5, 5.41) is 10.7. The summed E-state index contributed by atoms with van der Waals surface area (Å²) in [5.41, 5.74) is 1.08. The average Bonchev–Trinajstić information content (AvgIpc) is 3.24. The third-order valence-corrected chi connectivity index (χ3v) is 3.71. The van der Waals surface area contributed by atoms with Gasteiger partial charge in [-0.05, 0) is 24.3 Å². The second-order valence-electron chi connectivity index (χ2n) is 4.93. The lowest BCUT2D eigenvalue weighted by atomic mass is 9.96. The molecule has 0 saturated carbocycles. The van der Waals surface area contributed by atoms with Crippen LogP contribution in [-0.4, -0.2) is 16.8 Å². The number of rotatable bonds is 2. The molecule has 0 N–H and O–H groups in total. The Labute approximate surface area is 119 Å². The molecule has 6 heteroatoms. The lowest BCUT2D eigenvalue weighted by molar-refractivity contribution is -0.384. The number of fused-ring (bicyclic) bond motifs is 2. The first-order chi connectivity index (χ1) is 10.1. The van der Waals surface area contributed by atoms with E-state index in [2.05, 4.69) is 0 Å². The molecule has 2 aromatic carbocycles. The van der Waals surface area contributed by atoms with Crippen LogP contribution in [0.4, 0.5) is 5.69 Å². The number of nitro groups is 1. The molecule has 1 fully saturated rings. The largest absolute Gasteiger partial charge is 0.454 e. The fraction of sp³-hybridized carbons (Fsp3) is 0.133. The number of ketones is 1. The number of non-ortho nitro benzene ring substituents is 1. The van der Waals surface area contributed by atoms with Gasteiger partial charge in [0.2, 0.25) is 5.78 Å². The second kappa shape index (κ2) is 3.89. The third kappa shape index (κ3) is 1.59. The van der Waals surface area contributed by atoms with Gasteiger partial charge in [0.25, 0.3) is 11.5 Å². The van der Waals surface area contributed by atoms with E-state index in [1.807, 2.05) is 0 Å². The van der Waals surface area contributed by atoms with E-state index >= 15 is 0 Å². The summed E-state index contributed by atoms with van der Waals surface area (Å²) in [4.78, 5) is 22.5. The second-order valence-corrected chi connectivity index (χ2v) is 4.93. The zero-order valence-electron chi connectivity index (χ0n) is 10.7. The van der Waals surface area contributed by atoms with E-state index in [0.29, 0.717) is 16.9 Å². The molecule has 0 radical (unpaired) electrons. The van der Waals surface area contributed by atoms with E-state index in [4.69, 9.17) is 9.47 Å². The van der Waals surface area contributed by atoms with Crippen LogP contribution in [0.15, 0.2) is 48.5 Å². The van der Waals surface area contributed by atoms with Gasteiger partial charge in [0, 0.05) is 17.7 Å². The number of carbonyl (C=O) groups excluding carboxylic acids is 1. The molecule has 2 aliphatic rings. The minimum absolute atomic E-state index is 0.0186. The van der Waals surface area contributed by atoms with Gasteiger partial charge in [-0.15, -0.1) is 0 Å². The van der Waals surface area contributed by atoms with Gasteiger partial charge in [-0.25, -0.2) is 0 Å². The maximum atomic E-state index is 12.3. The summed E-state index contributed by atoms with van der Waals surface area (Å²) >= 11 is 0. The molecular weight excluding hydrogens is 274 g/mol. The van der Waals surface area contributed by atoms with Gasteiger partial charge in [-0.3, -0.25) is 14.9 Å². The molecule has 0 amide bonds. The molecule has 6 nitrogen and oxygen atoms in total. The van der Waals surface area contributed by atoms with Crippen molar-refractivity contribution in [1.82, 2.24) is 0 Å². The normalized spacial score (nSPS) is 25.5. The van der Waals surface area contributed by atoms with Crippen molar-refractivity contribution in [3.8, 4) is 5.75 Å². The number of hydrogen-bond donors (Lipinski definition) is 0. The molecule has 0 aliphatic carbocycles. The number of para-hydroxylation sites is 1. The number of ether oxygens (including phenoxy) is 2. The maximum Gasteiger partial charge on any atom is 0.272 e. The standard InChI is InChI=1S/C15H9NO5/c17-13-11-3-1-2-4-12(11)20-15(14(13)21-15)9-5-7-10(8-6-9)16(18)19/h1-8,14H. The highest BCUT2D eigenvalue weighted by molar-refractivity contribution is 6.05. The van der Waals surface area contributed by atoms with Gasteiger partial charge in [-0.1, -0.05) is 12.1 Å².